The lowest BCUT2D eigenvalue weighted by molar-refractivity contribution is 0.592. The molecule has 2 heterocycles. The molecular formula is C34H23N2OP. The predicted octanol–water partition coefficient (Wildman–Crippen LogP) is 7.24. The Kier molecular flexibility index (Phi) is 5.39. The lowest BCUT2D eigenvalue weighted by Gasteiger charge is -2.20. The Morgan fingerprint density at radius 2 is 1.11 bits per heavy atom. The van der Waals surface area contributed by atoms with Crippen LogP contribution in [0.4, 0.5) is 0 Å². The summed E-state index contributed by atoms with van der Waals surface area (Å²) >= 11 is 0. The number of hydrogen-bond acceptors (Lipinski definition) is 3. The molecule has 0 aliphatic heterocycles. The van der Waals surface area contributed by atoms with E-state index in [1.54, 1.807) is 0 Å². The summed E-state index contributed by atoms with van der Waals surface area (Å²) in [5.74, 6) is 0. The van der Waals surface area contributed by atoms with E-state index < -0.39 is 7.14 Å². The van der Waals surface area contributed by atoms with Crippen molar-refractivity contribution in [2.45, 2.75) is 0 Å². The molecule has 0 saturated carbocycles. The van der Waals surface area contributed by atoms with Gasteiger partial charge in [-0.1, -0.05) is 121 Å². The van der Waals surface area contributed by atoms with Crippen molar-refractivity contribution in [3.63, 3.8) is 0 Å². The number of aromatic nitrogens is 2. The standard InChI is InChI=1S/C34H23N2OP/c37-38(25-13-3-1-4-14-25,26-15-5-2-6-16-26)32-21-11-20-31(35-32)34-29-23-22-24-12-7-8-17-27(24)33(29)28-18-9-10-19-30(28)36-34/h1-23H. The molecule has 0 N–H and O–H groups in total. The first-order chi connectivity index (χ1) is 18.7. The van der Waals surface area contributed by atoms with Gasteiger partial charge in [0.1, 0.15) is 5.44 Å². The highest BCUT2D eigenvalue weighted by Gasteiger charge is 2.31. The summed E-state index contributed by atoms with van der Waals surface area (Å²) in [5, 5.41) is 7.18. The van der Waals surface area contributed by atoms with Gasteiger partial charge in [0.05, 0.1) is 16.9 Å². The molecule has 0 bridgehead atoms. The van der Waals surface area contributed by atoms with Crippen molar-refractivity contribution in [3.05, 3.63) is 140 Å². The van der Waals surface area contributed by atoms with Gasteiger partial charge >= 0.3 is 0 Å². The molecular weight excluding hydrogens is 483 g/mol. The van der Waals surface area contributed by atoms with Gasteiger partial charge in [-0.15, -0.1) is 0 Å². The second kappa shape index (κ2) is 9.06. The van der Waals surface area contributed by atoms with Crippen molar-refractivity contribution >= 4 is 55.6 Å². The molecule has 0 spiro atoms. The Bertz CT molecular complexity index is 1940. The smallest absolute Gasteiger partial charge is 0.188 e. The molecule has 0 atom stereocenters. The minimum absolute atomic E-state index is 0.552. The molecule has 0 aliphatic carbocycles. The second-order valence-electron chi connectivity index (χ2n) is 9.35. The van der Waals surface area contributed by atoms with Gasteiger partial charge in [0, 0.05) is 26.8 Å². The highest BCUT2D eigenvalue weighted by Crippen LogP contribution is 2.42. The minimum atomic E-state index is -3.21. The molecule has 0 fully saturated rings. The fraction of sp³-hybridized carbons (Fsp3) is 0. The maximum absolute atomic E-state index is 15.0. The van der Waals surface area contributed by atoms with Crippen LogP contribution in [0.5, 0.6) is 0 Å². The first-order valence-corrected chi connectivity index (χ1v) is 14.3. The van der Waals surface area contributed by atoms with Crippen molar-refractivity contribution in [2.75, 3.05) is 0 Å². The SMILES string of the molecule is O=P(c1ccccc1)(c1ccccc1)c1cccc(-c2nc3ccccc3c3c2ccc2ccccc23)n1. The van der Waals surface area contributed by atoms with Crippen molar-refractivity contribution < 1.29 is 4.57 Å². The number of hydrogen-bond donors (Lipinski definition) is 0. The first-order valence-electron chi connectivity index (χ1n) is 12.6. The summed E-state index contributed by atoms with van der Waals surface area (Å²) in [6.07, 6.45) is 0. The summed E-state index contributed by atoms with van der Waals surface area (Å²) < 4.78 is 15.0. The highest BCUT2D eigenvalue weighted by atomic mass is 31.2. The van der Waals surface area contributed by atoms with Crippen LogP contribution in [0.1, 0.15) is 0 Å². The number of rotatable bonds is 4. The van der Waals surface area contributed by atoms with E-state index >= 15 is 0 Å². The van der Waals surface area contributed by atoms with Gasteiger partial charge in [0.15, 0.2) is 7.14 Å². The van der Waals surface area contributed by atoms with Crippen LogP contribution in [-0.2, 0) is 4.57 Å². The molecule has 0 saturated heterocycles. The maximum atomic E-state index is 15.0. The Morgan fingerprint density at radius 1 is 0.474 bits per heavy atom. The molecule has 38 heavy (non-hydrogen) atoms. The normalized spacial score (nSPS) is 11.8. The lowest BCUT2D eigenvalue weighted by Crippen LogP contribution is -2.27. The van der Waals surface area contributed by atoms with Gasteiger partial charge in [0.2, 0.25) is 0 Å². The van der Waals surface area contributed by atoms with Gasteiger partial charge in [-0.05, 0) is 29.0 Å². The third kappa shape index (κ3) is 3.55. The van der Waals surface area contributed by atoms with Gasteiger partial charge in [-0.25, -0.2) is 9.97 Å². The zero-order chi connectivity index (χ0) is 25.5. The molecule has 7 aromatic rings. The Morgan fingerprint density at radius 3 is 1.84 bits per heavy atom. The number of para-hydroxylation sites is 1. The number of benzene rings is 5. The van der Waals surface area contributed by atoms with Crippen molar-refractivity contribution in [1.82, 2.24) is 9.97 Å². The van der Waals surface area contributed by atoms with E-state index in [-0.39, 0.29) is 0 Å². The number of fused-ring (bicyclic) bond motifs is 5. The first kappa shape index (κ1) is 22.6. The van der Waals surface area contributed by atoms with Crippen LogP contribution in [-0.4, -0.2) is 9.97 Å². The van der Waals surface area contributed by atoms with Gasteiger partial charge in [-0.3, -0.25) is 0 Å². The number of pyridine rings is 2. The topological polar surface area (TPSA) is 42.9 Å². The van der Waals surface area contributed by atoms with Gasteiger partial charge < -0.3 is 4.57 Å². The Balaban J connectivity index is 1.53. The van der Waals surface area contributed by atoms with Crippen LogP contribution in [0.3, 0.4) is 0 Å². The summed E-state index contributed by atoms with van der Waals surface area (Å²) in [7, 11) is -3.21. The van der Waals surface area contributed by atoms with Crippen LogP contribution >= 0.6 is 7.14 Å². The average Bonchev–Trinajstić information content (AvgIpc) is 3.01. The fourth-order valence-electron chi connectivity index (χ4n) is 5.34. The van der Waals surface area contributed by atoms with E-state index in [0.29, 0.717) is 11.1 Å². The largest absolute Gasteiger partial charge is 0.307 e. The van der Waals surface area contributed by atoms with Crippen LogP contribution < -0.4 is 16.0 Å². The average molecular weight is 507 g/mol. The maximum Gasteiger partial charge on any atom is 0.188 e. The summed E-state index contributed by atoms with van der Waals surface area (Å²) in [5.41, 5.74) is 2.96. The third-order valence-electron chi connectivity index (χ3n) is 7.13. The van der Waals surface area contributed by atoms with Gasteiger partial charge in [-0.2, -0.15) is 0 Å². The lowest BCUT2D eigenvalue weighted by atomic mass is 9.96. The van der Waals surface area contributed by atoms with E-state index in [0.717, 1.165) is 38.0 Å². The van der Waals surface area contributed by atoms with Crippen molar-refractivity contribution in [1.29, 1.82) is 0 Å². The highest BCUT2D eigenvalue weighted by molar-refractivity contribution is 7.85. The fourth-order valence-corrected chi connectivity index (χ4v) is 7.89. The van der Waals surface area contributed by atoms with E-state index in [2.05, 4.69) is 48.5 Å². The Hall–Kier alpha value is -4.59. The van der Waals surface area contributed by atoms with Crippen LogP contribution in [0.2, 0.25) is 0 Å². The molecule has 7 rings (SSSR count). The molecule has 5 aromatic carbocycles. The molecule has 0 radical (unpaired) electrons. The quantitative estimate of drug-likeness (QED) is 0.187. The summed E-state index contributed by atoms with van der Waals surface area (Å²) in [6, 6.07) is 46.1. The van der Waals surface area contributed by atoms with Crippen LogP contribution in [0.25, 0.3) is 43.8 Å². The molecule has 0 unspecified atom stereocenters. The zero-order valence-corrected chi connectivity index (χ0v) is 21.4. The molecule has 0 aliphatic rings. The second-order valence-corrected chi connectivity index (χ2v) is 12.1. The van der Waals surface area contributed by atoms with Crippen molar-refractivity contribution in [3.8, 4) is 11.4 Å². The van der Waals surface area contributed by atoms with Crippen LogP contribution in [0.15, 0.2) is 140 Å². The van der Waals surface area contributed by atoms with E-state index in [9.17, 15) is 4.57 Å². The van der Waals surface area contributed by atoms with Crippen LogP contribution in [0, 0.1) is 0 Å². The molecule has 180 valence electrons. The Labute approximate surface area is 220 Å². The van der Waals surface area contributed by atoms with Gasteiger partial charge in [0.25, 0.3) is 0 Å². The molecule has 4 heteroatoms. The molecule has 2 aromatic heterocycles. The van der Waals surface area contributed by atoms with E-state index in [4.69, 9.17) is 9.97 Å². The minimum Gasteiger partial charge on any atom is -0.307 e. The van der Waals surface area contributed by atoms with E-state index in [1.807, 2.05) is 91.0 Å². The zero-order valence-electron chi connectivity index (χ0n) is 20.5. The van der Waals surface area contributed by atoms with E-state index in [1.165, 1.54) is 10.8 Å². The monoisotopic (exact) mass is 506 g/mol. The summed E-state index contributed by atoms with van der Waals surface area (Å²) in [4.78, 5) is 10.2. The molecule has 3 nitrogen and oxygen atoms in total. The van der Waals surface area contributed by atoms with Crippen molar-refractivity contribution in [2.24, 2.45) is 0 Å². The predicted molar refractivity (Wildman–Crippen MR) is 159 cm³/mol. The third-order valence-corrected chi connectivity index (χ3v) is 10.1. The number of nitrogens with zero attached hydrogens (tertiary/aromatic N) is 2. The molecule has 0 amide bonds. The summed E-state index contributed by atoms with van der Waals surface area (Å²) in [6.45, 7) is 0.